The highest BCUT2D eigenvalue weighted by atomic mass is 16.8. The second kappa shape index (κ2) is 8.08. The van der Waals surface area contributed by atoms with Crippen LogP contribution in [-0.4, -0.2) is 65.8 Å². The van der Waals surface area contributed by atoms with E-state index in [1.54, 1.807) is 6.92 Å². The van der Waals surface area contributed by atoms with Gasteiger partial charge in [0, 0.05) is 10.8 Å². The van der Waals surface area contributed by atoms with Crippen LogP contribution in [0.2, 0.25) is 0 Å². The van der Waals surface area contributed by atoms with Crippen LogP contribution in [0.25, 0.3) is 10.4 Å². The maximum atomic E-state index is 11.3. The SMILES string of the molecule is C.CC1[C@H](O[C@@H]2C3CO[C@H](O3)C(N=[N+]=[N-])[C@H]2C)O[C@@H](C(=O)O)[C@@H](O)[C@@H]1C. The highest BCUT2D eigenvalue weighted by Crippen LogP contribution is 2.39. The number of carbonyl (C=O) groups is 1. The maximum Gasteiger partial charge on any atom is 0.335 e. The van der Waals surface area contributed by atoms with Crippen LogP contribution in [0.1, 0.15) is 28.2 Å². The van der Waals surface area contributed by atoms with E-state index < -0.39 is 42.9 Å². The zero-order chi connectivity index (χ0) is 18.3. The Morgan fingerprint density at radius 1 is 1.23 bits per heavy atom. The van der Waals surface area contributed by atoms with Gasteiger partial charge in [0.25, 0.3) is 0 Å². The molecule has 10 nitrogen and oxygen atoms in total. The van der Waals surface area contributed by atoms with E-state index in [9.17, 15) is 15.0 Å². The van der Waals surface area contributed by atoms with Crippen LogP contribution in [-0.2, 0) is 23.7 Å². The van der Waals surface area contributed by atoms with E-state index in [1.165, 1.54) is 0 Å². The van der Waals surface area contributed by atoms with Crippen molar-refractivity contribution in [1.29, 1.82) is 0 Å². The largest absolute Gasteiger partial charge is 0.479 e. The number of fused-ring (bicyclic) bond motifs is 2. The number of hydrogen-bond acceptors (Lipinski definition) is 7. The predicted molar refractivity (Wildman–Crippen MR) is 88.9 cm³/mol. The fourth-order valence-electron chi connectivity index (χ4n) is 3.70. The molecule has 2 bridgehead atoms. The molecule has 3 rings (SSSR count). The van der Waals surface area contributed by atoms with E-state index in [2.05, 4.69) is 10.0 Å². The minimum Gasteiger partial charge on any atom is -0.479 e. The number of ether oxygens (including phenoxy) is 4. The minimum atomic E-state index is -1.35. The first-order valence-corrected chi connectivity index (χ1v) is 8.38. The quantitative estimate of drug-likeness (QED) is 0.432. The molecule has 3 saturated heterocycles. The topological polar surface area (TPSA) is 143 Å². The number of hydrogen-bond donors (Lipinski definition) is 2. The number of carboxylic acids is 1. The molecule has 3 aliphatic rings. The second-order valence-corrected chi connectivity index (χ2v) is 7.00. The summed E-state index contributed by atoms with van der Waals surface area (Å²) in [6, 6.07) is -0.536. The minimum absolute atomic E-state index is 0. The molecular weight excluding hydrogens is 346 g/mol. The van der Waals surface area contributed by atoms with Crippen LogP contribution in [0.5, 0.6) is 0 Å². The molecular formula is C16H27N3O7. The van der Waals surface area contributed by atoms with E-state index >= 15 is 0 Å². The normalized spacial score (nSPS) is 47.5. The fourth-order valence-corrected chi connectivity index (χ4v) is 3.70. The molecule has 148 valence electrons. The highest BCUT2D eigenvalue weighted by molar-refractivity contribution is 5.73. The number of carboxylic acid groups (broad SMARTS) is 1. The number of aliphatic hydroxyl groups is 1. The van der Waals surface area contributed by atoms with Crippen LogP contribution < -0.4 is 0 Å². The molecule has 0 radical (unpaired) electrons. The monoisotopic (exact) mass is 373 g/mol. The highest BCUT2D eigenvalue weighted by Gasteiger charge is 2.52. The Morgan fingerprint density at radius 3 is 2.54 bits per heavy atom. The molecule has 0 amide bonds. The lowest BCUT2D eigenvalue weighted by atomic mass is 9.84. The zero-order valence-electron chi connectivity index (χ0n) is 14.3. The molecule has 2 N–H and O–H groups in total. The number of azide groups is 1. The average Bonchev–Trinajstić information content (AvgIpc) is 3.01. The summed E-state index contributed by atoms with van der Waals surface area (Å²) in [6.07, 6.45) is -4.68. The van der Waals surface area contributed by atoms with Crippen molar-refractivity contribution in [2.75, 3.05) is 6.61 Å². The lowest BCUT2D eigenvalue weighted by Crippen LogP contribution is -2.57. The summed E-state index contributed by atoms with van der Waals surface area (Å²) in [5, 5.41) is 23.1. The van der Waals surface area contributed by atoms with Gasteiger partial charge in [0.15, 0.2) is 18.7 Å². The summed E-state index contributed by atoms with van der Waals surface area (Å²) in [4.78, 5) is 14.2. The van der Waals surface area contributed by atoms with Gasteiger partial charge in [0.1, 0.15) is 6.10 Å². The third-order valence-corrected chi connectivity index (χ3v) is 5.54. The van der Waals surface area contributed by atoms with E-state index in [1.807, 2.05) is 13.8 Å². The van der Waals surface area contributed by atoms with E-state index in [4.69, 9.17) is 24.5 Å². The van der Waals surface area contributed by atoms with Crippen LogP contribution in [0, 0.1) is 17.8 Å². The van der Waals surface area contributed by atoms with Gasteiger partial charge in [-0.15, -0.1) is 0 Å². The van der Waals surface area contributed by atoms with Gasteiger partial charge < -0.3 is 29.2 Å². The van der Waals surface area contributed by atoms with Gasteiger partial charge >= 0.3 is 5.97 Å². The fraction of sp³-hybridized carbons (Fsp3) is 0.938. The van der Waals surface area contributed by atoms with Crippen molar-refractivity contribution in [2.45, 2.75) is 71.2 Å². The van der Waals surface area contributed by atoms with Crippen LogP contribution in [0.3, 0.4) is 0 Å². The third kappa shape index (κ3) is 3.53. The van der Waals surface area contributed by atoms with Gasteiger partial charge in [-0.2, -0.15) is 0 Å². The number of rotatable bonds is 4. The Kier molecular flexibility index (Phi) is 6.49. The summed E-state index contributed by atoms with van der Waals surface area (Å²) in [5.74, 6) is -1.97. The van der Waals surface area contributed by atoms with Crippen LogP contribution >= 0.6 is 0 Å². The number of aliphatic carboxylic acids is 1. The van der Waals surface area contributed by atoms with Gasteiger partial charge in [0.05, 0.1) is 24.9 Å². The van der Waals surface area contributed by atoms with Crippen LogP contribution in [0.4, 0.5) is 0 Å². The van der Waals surface area contributed by atoms with Gasteiger partial charge in [-0.05, 0) is 17.4 Å². The Labute approximate surface area is 152 Å². The van der Waals surface area contributed by atoms with Crippen LogP contribution in [0.15, 0.2) is 5.11 Å². The lowest BCUT2D eigenvalue weighted by molar-refractivity contribution is -0.297. The Morgan fingerprint density at radius 2 is 1.92 bits per heavy atom. The first-order chi connectivity index (χ1) is 11.8. The molecule has 0 spiro atoms. The Balaban J connectivity index is 0.00000243. The van der Waals surface area contributed by atoms with Crippen molar-refractivity contribution in [3.05, 3.63) is 10.4 Å². The molecule has 0 aliphatic carbocycles. The summed E-state index contributed by atoms with van der Waals surface area (Å²) in [7, 11) is 0. The molecule has 3 aliphatic heterocycles. The molecule has 26 heavy (non-hydrogen) atoms. The third-order valence-electron chi connectivity index (χ3n) is 5.54. The van der Waals surface area contributed by atoms with Gasteiger partial charge in [0.2, 0.25) is 0 Å². The molecule has 3 unspecified atom stereocenters. The van der Waals surface area contributed by atoms with Gasteiger partial charge in [-0.25, -0.2) is 4.79 Å². The number of nitrogens with zero attached hydrogens (tertiary/aromatic N) is 3. The summed E-state index contributed by atoms with van der Waals surface area (Å²) in [6.45, 7) is 5.78. The molecule has 0 aromatic rings. The van der Waals surface area contributed by atoms with E-state index in [0.29, 0.717) is 6.61 Å². The Bertz CT molecular complexity index is 570. The van der Waals surface area contributed by atoms with Gasteiger partial charge in [-0.1, -0.05) is 33.3 Å². The molecule has 3 fully saturated rings. The molecule has 0 aromatic carbocycles. The van der Waals surface area contributed by atoms with Gasteiger partial charge in [-0.3, -0.25) is 0 Å². The van der Waals surface area contributed by atoms with Crippen molar-refractivity contribution in [3.63, 3.8) is 0 Å². The van der Waals surface area contributed by atoms with Crippen molar-refractivity contribution in [3.8, 4) is 0 Å². The Hall–Kier alpha value is -1.42. The van der Waals surface area contributed by atoms with Crippen molar-refractivity contribution in [1.82, 2.24) is 0 Å². The maximum absolute atomic E-state index is 11.3. The van der Waals surface area contributed by atoms with E-state index in [0.717, 1.165) is 0 Å². The number of aliphatic hydroxyl groups excluding tert-OH is 1. The standard InChI is InChI=1S/C15H23N3O7.CH4/c1-5-6(2)14(25-12(10(5)19)13(20)21)24-11-7(3)9(17-18-16)15-22-4-8(11)23-15;/h5-12,14-15,19H,4H2,1-3H3,(H,20,21);1H4/t5-,6?,7-,8?,9?,10+,11+,12-,14-,15-;/m1./s1. The molecule has 3 heterocycles. The summed E-state index contributed by atoms with van der Waals surface area (Å²) in [5.41, 5.74) is 8.76. The predicted octanol–water partition coefficient (Wildman–Crippen LogP) is 1.52. The average molecular weight is 373 g/mol. The van der Waals surface area contributed by atoms with Crippen molar-refractivity contribution >= 4 is 5.97 Å². The first kappa shape index (κ1) is 20.9. The molecule has 0 saturated carbocycles. The zero-order valence-corrected chi connectivity index (χ0v) is 14.3. The van der Waals surface area contributed by atoms with E-state index in [-0.39, 0.29) is 31.3 Å². The second-order valence-electron chi connectivity index (χ2n) is 7.00. The molecule has 10 atom stereocenters. The summed E-state index contributed by atoms with van der Waals surface area (Å²) >= 11 is 0. The van der Waals surface area contributed by atoms with Crippen molar-refractivity contribution < 1.29 is 34.0 Å². The first-order valence-electron chi connectivity index (χ1n) is 8.38. The molecule has 10 heteroatoms. The smallest absolute Gasteiger partial charge is 0.335 e. The summed E-state index contributed by atoms with van der Waals surface area (Å²) < 4.78 is 22.8. The lowest BCUT2D eigenvalue weighted by Gasteiger charge is -2.44. The van der Waals surface area contributed by atoms with Crippen molar-refractivity contribution in [2.24, 2.45) is 22.9 Å². The molecule has 0 aromatic heterocycles.